The maximum atomic E-state index is 12.7. The van der Waals surface area contributed by atoms with Crippen molar-refractivity contribution in [2.75, 3.05) is 13.7 Å². The minimum atomic E-state index is -1.00. The molecule has 0 unspecified atom stereocenters. The molecule has 3 rings (SSSR count). The molecule has 0 spiro atoms. The molecule has 1 heterocycles. The van der Waals surface area contributed by atoms with Gasteiger partial charge in [-0.3, -0.25) is 19.3 Å². The lowest BCUT2D eigenvalue weighted by molar-refractivity contribution is -0.156. The van der Waals surface area contributed by atoms with Crippen LogP contribution in [0, 0.1) is 0 Å². The number of imide groups is 1. The van der Waals surface area contributed by atoms with Gasteiger partial charge in [0, 0.05) is 0 Å². The summed E-state index contributed by atoms with van der Waals surface area (Å²) in [4.78, 5) is 49.0. The van der Waals surface area contributed by atoms with Crippen LogP contribution in [-0.4, -0.2) is 52.3 Å². The number of hydrogen-bond acceptors (Lipinski definition) is 8. The van der Waals surface area contributed by atoms with Crippen LogP contribution < -0.4 is 9.47 Å². The van der Waals surface area contributed by atoms with Gasteiger partial charge in [0.1, 0.15) is 18.8 Å². The van der Waals surface area contributed by atoms with Crippen molar-refractivity contribution in [3.63, 3.8) is 0 Å². The number of nitrogens with zero attached hydrogens (tertiary/aromatic N) is 1. The van der Waals surface area contributed by atoms with Gasteiger partial charge in [0.05, 0.1) is 17.6 Å². The fraction of sp³-hybridized carbons (Fsp3) is 0.280. The Hall–Kier alpha value is -3.79. The van der Waals surface area contributed by atoms with Crippen molar-refractivity contribution < 1.29 is 38.5 Å². The summed E-state index contributed by atoms with van der Waals surface area (Å²) < 4.78 is 16.4. The van der Waals surface area contributed by atoms with Gasteiger partial charge in [-0.05, 0) is 74.0 Å². The Labute approximate surface area is 206 Å². The summed E-state index contributed by atoms with van der Waals surface area (Å²) in [6.07, 6.45) is 1.54. The lowest BCUT2D eigenvalue weighted by Gasteiger charge is -2.21. The van der Waals surface area contributed by atoms with Crippen LogP contribution in [0.15, 0.2) is 47.4 Å². The van der Waals surface area contributed by atoms with Crippen LogP contribution in [0.25, 0.3) is 6.08 Å². The number of benzene rings is 2. The highest BCUT2D eigenvalue weighted by Crippen LogP contribution is 2.35. The smallest absolute Gasteiger partial charge is 0.335 e. The summed E-state index contributed by atoms with van der Waals surface area (Å²) >= 11 is 0.742. The molecule has 0 saturated carbocycles. The van der Waals surface area contributed by atoms with E-state index in [9.17, 15) is 19.2 Å². The van der Waals surface area contributed by atoms with Crippen LogP contribution >= 0.6 is 11.8 Å². The molecule has 2 aromatic rings. The predicted molar refractivity (Wildman–Crippen MR) is 129 cm³/mol. The molecule has 2 amide bonds. The van der Waals surface area contributed by atoms with Crippen molar-refractivity contribution in [3.05, 3.63) is 64.1 Å². The molecule has 0 bridgehead atoms. The average molecular weight is 500 g/mol. The van der Waals surface area contributed by atoms with Crippen molar-refractivity contribution in [2.45, 2.75) is 33.0 Å². The third-order valence-corrected chi connectivity index (χ3v) is 5.57. The molecule has 2 aromatic carbocycles. The standard InChI is InChI=1S/C25H25NO8S/c1-25(2,3)34-21(27)13-26-22(28)20(35-24(26)31)12-16-7-10-18(19(11-16)32-4)33-14-15-5-8-17(9-6-15)23(29)30/h5-12H,13-14H2,1-4H3,(H,29,30). The first-order valence-corrected chi connectivity index (χ1v) is 11.4. The van der Waals surface area contributed by atoms with Crippen LogP contribution in [0.4, 0.5) is 4.79 Å². The van der Waals surface area contributed by atoms with Crippen molar-refractivity contribution in [1.82, 2.24) is 4.90 Å². The Kier molecular flexibility index (Phi) is 7.85. The van der Waals surface area contributed by atoms with Gasteiger partial charge in [-0.1, -0.05) is 18.2 Å². The number of carbonyl (C=O) groups excluding carboxylic acids is 3. The summed E-state index contributed by atoms with van der Waals surface area (Å²) in [6, 6.07) is 11.4. The van der Waals surface area contributed by atoms with E-state index in [1.165, 1.54) is 25.3 Å². The Morgan fingerprint density at radius 1 is 1.06 bits per heavy atom. The van der Waals surface area contributed by atoms with Crippen LogP contribution in [0.5, 0.6) is 11.5 Å². The van der Waals surface area contributed by atoms with Crippen LogP contribution in [0.2, 0.25) is 0 Å². The number of methoxy groups -OCH3 is 1. The summed E-state index contributed by atoms with van der Waals surface area (Å²) in [5.41, 5.74) is 0.838. The normalized spacial score (nSPS) is 14.9. The number of carbonyl (C=O) groups is 4. The number of rotatable bonds is 8. The molecule has 9 nitrogen and oxygen atoms in total. The highest BCUT2D eigenvalue weighted by Gasteiger charge is 2.37. The molecule has 0 radical (unpaired) electrons. The van der Waals surface area contributed by atoms with Gasteiger partial charge in [-0.2, -0.15) is 0 Å². The Morgan fingerprint density at radius 2 is 1.74 bits per heavy atom. The Bertz CT molecular complexity index is 1180. The number of hydrogen-bond donors (Lipinski definition) is 1. The van der Waals surface area contributed by atoms with Crippen LogP contribution in [0.1, 0.15) is 42.3 Å². The minimum Gasteiger partial charge on any atom is -0.493 e. The first-order chi connectivity index (χ1) is 16.5. The molecule has 10 heteroatoms. The van der Waals surface area contributed by atoms with Gasteiger partial charge in [0.15, 0.2) is 11.5 Å². The lowest BCUT2D eigenvalue weighted by Crippen LogP contribution is -2.37. The largest absolute Gasteiger partial charge is 0.493 e. The maximum absolute atomic E-state index is 12.7. The molecule has 35 heavy (non-hydrogen) atoms. The van der Waals surface area contributed by atoms with Crippen molar-refractivity contribution in [1.29, 1.82) is 0 Å². The molecular formula is C25H25NO8S. The lowest BCUT2D eigenvalue weighted by atomic mass is 10.1. The summed E-state index contributed by atoms with van der Waals surface area (Å²) in [6.45, 7) is 4.85. The number of aromatic carboxylic acids is 1. The van der Waals surface area contributed by atoms with Crippen molar-refractivity contribution >= 4 is 40.9 Å². The van der Waals surface area contributed by atoms with Crippen molar-refractivity contribution in [3.8, 4) is 11.5 Å². The summed E-state index contributed by atoms with van der Waals surface area (Å²) in [5.74, 6) is -1.38. The van der Waals surface area contributed by atoms with Gasteiger partial charge < -0.3 is 19.3 Å². The molecule has 0 atom stereocenters. The van der Waals surface area contributed by atoms with E-state index in [2.05, 4.69) is 0 Å². The highest BCUT2D eigenvalue weighted by molar-refractivity contribution is 8.18. The number of thioether (sulfide) groups is 1. The molecule has 1 aliphatic rings. The predicted octanol–water partition coefficient (Wildman–Crippen LogP) is 4.35. The second kappa shape index (κ2) is 10.6. The number of amides is 2. The molecule has 1 aliphatic heterocycles. The quantitative estimate of drug-likeness (QED) is 0.417. The average Bonchev–Trinajstić information content (AvgIpc) is 3.04. The monoisotopic (exact) mass is 499 g/mol. The molecular weight excluding hydrogens is 474 g/mol. The van der Waals surface area contributed by atoms with E-state index in [0.29, 0.717) is 17.1 Å². The minimum absolute atomic E-state index is 0.174. The van der Waals surface area contributed by atoms with Crippen LogP contribution in [-0.2, 0) is 20.9 Å². The number of carboxylic acids is 1. The van der Waals surface area contributed by atoms with E-state index in [1.54, 1.807) is 51.1 Å². The Balaban J connectivity index is 1.69. The first-order valence-electron chi connectivity index (χ1n) is 10.6. The third-order valence-electron chi connectivity index (χ3n) is 4.66. The van der Waals surface area contributed by atoms with Crippen LogP contribution in [0.3, 0.4) is 0 Å². The van der Waals surface area contributed by atoms with E-state index < -0.39 is 35.2 Å². The third kappa shape index (κ3) is 6.86. The second-order valence-corrected chi connectivity index (χ2v) is 9.55. The molecule has 1 saturated heterocycles. The van der Waals surface area contributed by atoms with E-state index in [-0.39, 0.29) is 17.1 Å². The fourth-order valence-electron chi connectivity index (χ4n) is 3.09. The van der Waals surface area contributed by atoms with E-state index in [1.807, 2.05) is 0 Å². The van der Waals surface area contributed by atoms with Gasteiger partial charge in [-0.25, -0.2) is 4.79 Å². The zero-order valence-electron chi connectivity index (χ0n) is 19.7. The first kappa shape index (κ1) is 25.8. The van der Waals surface area contributed by atoms with Gasteiger partial charge in [-0.15, -0.1) is 0 Å². The number of ether oxygens (including phenoxy) is 3. The molecule has 0 aromatic heterocycles. The van der Waals surface area contributed by atoms with Gasteiger partial charge >= 0.3 is 11.9 Å². The fourth-order valence-corrected chi connectivity index (χ4v) is 3.93. The van der Waals surface area contributed by atoms with E-state index in [0.717, 1.165) is 22.2 Å². The SMILES string of the molecule is COc1cc(C=C2SC(=O)N(CC(=O)OC(C)(C)C)C2=O)ccc1OCc1ccc(C(=O)O)cc1. The van der Waals surface area contributed by atoms with Gasteiger partial charge in [0.25, 0.3) is 11.1 Å². The molecule has 1 fully saturated rings. The Morgan fingerprint density at radius 3 is 2.34 bits per heavy atom. The molecule has 184 valence electrons. The summed E-state index contributed by atoms with van der Waals surface area (Å²) in [5, 5.41) is 8.44. The highest BCUT2D eigenvalue weighted by atomic mass is 32.2. The van der Waals surface area contributed by atoms with Crippen molar-refractivity contribution in [2.24, 2.45) is 0 Å². The second-order valence-electron chi connectivity index (χ2n) is 8.56. The zero-order chi connectivity index (χ0) is 25.8. The topological polar surface area (TPSA) is 119 Å². The molecule has 1 N–H and O–H groups in total. The zero-order valence-corrected chi connectivity index (χ0v) is 20.5. The summed E-state index contributed by atoms with van der Waals surface area (Å²) in [7, 11) is 1.47. The number of esters is 1. The number of carboxylic acid groups (broad SMARTS) is 1. The molecule has 0 aliphatic carbocycles. The van der Waals surface area contributed by atoms with Gasteiger partial charge in [0.2, 0.25) is 0 Å². The maximum Gasteiger partial charge on any atom is 0.335 e. The van der Waals surface area contributed by atoms with E-state index in [4.69, 9.17) is 19.3 Å². The van der Waals surface area contributed by atoms with E-state index >= 15 is 0 Å².